The zero-order valence-corrected chi connectivity index (χ0v) is 12.8. The highest BCUT2D eigenvalue weighted by Crippen LogP contribution is 2.28. The van der Waals surface area contributed by atoms with E-state index in [4.69, 9.17) is 4.74 Å². The predicted octanol–water partition coefficient (Wildman–Crippen LogP) is 4.74. The lowest BCUT2D eigenvalue weighted by atomic mass is 10.2. The van der Waals surface area contributed by atoms with E-state index >= 15 is 0 Å². The number of halogens is 1. The van der Waals surface area contributed by atoms with Crippen molar-refractivity contribution < 1.29 is 4.74 Å². The minimum atomic E-state index is 0.448. The number of ether oxygens (including phenoxy) is 1. The molecule has 0 aliphatic heterocycles. The molecule has 1 N–H and O–H groups in total. The van der Waals surface area contributed by atoms with Gasteiger partial charge >= 0.3 is 0 Å². The third-order valence-electron chi connectivity index (χ3n) is 2.69. The molecule has 0 unspecified atom stereocenters. The standard InChI is InChI=1S/C16H18BrNO/c1-12(2)18-11-13-10-14(17)8-9-16(13)19-15-6-4-3-5-7-15/h3-10,12,18H,11H2,1-2H3. The first-order valence-electron chi connectivity index (χ1n) is 6.40. The molecule has 2 aromatic carbocycles. The van der Waals surface area contributed by atoms with Gasteiger partial charge in [-0.25, -0.2) is 0 Å². The Labute approximate surface area is 122 Å². The number of hydrogen-bond donors (Lipinski definition) is 1. The molecule has 0 fully saturated rings. The molecular formula is C16H18BrNO. The molecule has 0 saturated carbocycles. The number of benzene rings is 2. The Hall–Kier alpha value is -1.32. The van der Waals surface area contributed by atoms with Crippen molar-refractivity contribution in [1.82, 2.24) is 5.32 Å². The van der Waals surface area contributed by atoms with Crippen LogP contribution in [0, 0.1) is 0 Å². The summed E-state index contributed by atoms with van der Waals surface area (Å²) in [6, 6.07) is 16.4. The highest BCUT2D eigenvalue weighted by molar-refractivity contribution is 9.10. The maximum Gasteiger partial charge on any atom is 0.131 e. The molecule has 0 aliphatic carbocycles. The molecular weight excluding hydrogens is 302 g/mol. The summed E-state index contributed by atoms with van der Waals surface area (Å²) in [7, 11) is 0. The van der Waals surface area contributed by atoms with Gasteiger partial charge in [-0.1, -0.05) is 48.0 Å². The second-order valence-electron chi connectivity index (χ2n) is 4.70. The van der Waals surface area contributed by atoms with Crippen LogP contribution < -0.4 is 10.1 Å². The van der Waals surface area contributed by atoms with E-state index in [1.165, 1.54) is 0 Å². The second-order valence-corrected chi connectivity index (χ2v) is 5.62. The highest BCUT2D eigenvalue weighted by Gasteiger charge is 2.06. The lowest BCUT2D eigenvalue weighted by molar-refractivity contribution is 0.469. The average Bonchev–Trinajstić information content (AvgIpc) is 2.40. The summed E-state index contributed by atoms with van der Waals surface area (Å²) in [6.07, 6.45) is 0. The van der Waals surface area contributed by atoms with Crippen LogP contribution >= 0.6 is 15.9 Å². The quantitative estimate of drug-likeness (QED) is 0.859. The lowest BCUT2D eigenvalue weighted by Gasteiger charge is -2.14. The average molecular weight is 320 g/mol. The normalized spacial score (nSPS) is 10.7. The van der Waals surface area contributed by atoms with E-state index in [2.05, 4.69) is 41.2 Å². The summed E-state index contributed by atoms with van der Waals surface area (Å²) in [6.45, 7) is 5.06. The number of rotatable bonds is 5. The summed E-state index contributed by atoms with van der Waals surface area (Å²) in [5, 5.41) is 3.41. The van der Waals surface area contributed by atoms with Gasteiger partial charge in [-0.2, -0.15) is 0 Å². The SMILES string of the molecule is CC(C)NCc1cc(Br)ccc1Oc1ccccc1. The maximum absolute atomic E-state index is 5.94. The first-order chi connectivity index (χ1) is 9.15. The van der Waals surface area contributed by atoms with Gasteiger partial charge in [0.1, 0.15) is 11.5 Å². The predicted molar refractivity (Wildman–Crippen MR) is 82.6 cm³/mol. The zero-order chi connectivity index (χ0) is 13.7. The molecule has 0 saturated heterocycles. The molecule has 19 heavy (non-hydrogen) atoms. The second kappa shape index (κ2) is 6.73. The van der Waals surface area contributed by atoms with E-state index in [0.717, 1.165) is 28.1 Å². The van der Waals surface area contributed by atoms with Crippen LogP contribution in [0.4, 0.5) is 0 Å². The van der Waals surface area contributed by atoms with Crippen molar-refractivity contribution in [3.63, 3.8) is 0 Å². The molecule has 2 aromatic rings. The third kappa shape index (κ3) is 4.37. The van der Waals surface area contributed by atoms with E-state index in [9.17, 15) is 0 Å². The van der Waals surface area contributed by atoms with Gasteiger partial charge < -0.3 is 10.1 Å². The molecule has 100 valence electrons. The van der Waals surface area contributed by atoms with Crippen molar-refractivity contribution in [1.29, 1.82) is 0 Å². The largest absolute Gasteiger partial charge is 0.457 e. The first kappa shape index (κ1) is 14.1. The molecule has 0 aliphatic rings. The van der Waals surface area contributed by atoms with Crippen molar-refractivity contribution in [2.24, 2.45) is 0 Å². The summed E-state index contributed by atoms with van der Waals surface area (Å²) < 4.78 is 7.00. The lowest BCUT2D eigenvalue weighted by Crippen LogP contribution is -2.22. The fourth-order valence-electron chi connectivity index (χ4n) is 1.72. The Morgan fingerprint density at radius 2 is 1.84 bits per heavy atom. The van der Waals surface area contributed by atoms with Gasteiger partial charge in [-0.05, 0) is 30.3 Å². The smallest absolute Gasteiger partial charge is 0.131 e. The molecule has 0 aromatic heterocycles. The third-order valence-corrected chi connectivity index (χ3v) is 3.19. The van der Waals surface area contributed by atoms with Crippen molar-refractivity contribution in [2.75, 3.05) is 0 Å². The van der Waals surface area contributed by atoms with Crippen LogP contribution in [0.25, 0.3) is 0 Å². The van der Waals surface area contributed by atoms with Gasteiger partial charge in [-0.3, -0.25) is 0 Å². The zero-order valence-electron chi connectivity index (χ0n) is 11.2. The van der Waals surface area contributed by atoms with Crippen LogP contribution in [0.3, 0.4) is 0 Å². The summed E-state index contributed by atoms with van der Waals surface area (Å²) in [5.74, 6) is 1.75. The Balaban J connectivity index is 2.19. The van der Waals surface area contributed by atoms with Gasteiger partial charge in [-0.15, -0.1) is 0 Å². The van der Waals surface area contributed by atoms with E-state index in [1.807, 2.05) is 42.5 Å². The van der Waals surface area contributed by atoms with E-state index in [-0.39, 0.29) is 0 Å². The van der Waals surface area contributed by atoms with Crippen LogP contribution in [-0.2, 0) is 6.54 Å². The first-order valence-corrected chi connectivity index (χ1v) is 7.19. The van der Waals surface area contributed by atoms with Crippen LogP contribution in [0.2, 0.25) is 0 Å². The summed E-state index contributed by atoms with van der Waals surface area (Å²) >= 11 is 3.51. The van der Waals surface area contributed by atoms with Gasteiger partial charge in [0.25, 0.3) is 0 Å². The van der Waals surface area contributed by atoms with Crippen LogP contribution in [0.5, 0.6) is 11.5 Å². The summed E-state index contributed by atoms with van der Waals surface area (Å²) in [4.78, 5) is 0. The fraction of sp³-hybridized carbons (Fsp3) is 0.250. The number of para-hydroxylation sites is 1. The van der Waals surface area contributed by atoms with Crippen molar-refractivity contribution in [3.8, 4) is 11.5 Å². The maximum atomic E-state index is 5.94. The minimum absolute atomic E-state index is 0.448. The summed E-state index contributed by atoms with van der Waals surface area (Å²) in [5.41, 5.74) is 1.15. The molecule has 2 nitrogen and oxygen atoms in total. The molecule has 0 radical (unpaired) electrons. The van der Waals surface area contributed by atoms with E-state index < -0.39 is 0 Å². The molecule has 0 bridgehead atoms. The van der Waals surface area contributed by atoms with Crippen LogP contribution in [0.1, 0.15) is 19.4 Å². The molecule has 3 heteroatoms. The highest BCUT2D eigenvalue weighted by atomic mass is 79.9. The number of hydrogen-bond acceptors (Lipinski definition) is 2. The van der Waals surface area contributed by atoms with Gasteiger partial charge in [0.05, 0.1) is 0 Å². The number of nitrogens with one attached hydrogen (secondary N) is 1. The Morgan fingerprint density at radius 3 is 2.53 bits per heavy atom. The Kier molecular flexibility index (Phi) is 5.00. The van der Waals surface area contributed by atoms with Gasteiger partial charge in [0, 0.05) is 22.6 Å². The van der Waals surface area contributed by atoms with Crippen LogP contribution in [-0.4, -0.2) is 6.04 Å². The minimum Gasteiger partial charge on any atom is -0.457 e. The van der Waals surface area contributed by atoms with E-state index in [0.29, 0.717) is 6.04 Å². The molecule has 0 spiro atoms. The molecule has 0 atom stereocenters. The Bertz CT molecular complexity index is 526. The van der Waals surface area contributed by atoms with Crippen molar-refractivity contribution >= 4 is 15.9 Å². The van der Waals surface area contributed by atoms with Crippen LogP contribution in [0.15, 0.2) is 53.0 Å². The molecule has 0 amide bonds. The molecule has 0 heterocycles. The monoisotopic (exact) mass is 319 g/mol. The van der Waals surface area contributed by atoms with Crippen molar-refractivity contribution in [2.45, 2.75) is 26.4 Å². The molecule has 2 rings (SSSR count). The van der Waals surface area contributed by atoms with Gasteiger partial charge in [0.15, 0.2) is 0 Å². The topological polar surface area (TPSA) is 21.3 Å². The van der Waals surface area contributed by atoms with Gasteiger partial charge in [0.2, 0.25) is 0 Å². The Morgan fingerprint density at radius 1 is 1.11 bits per heavy atom. The fourth-order valence-corrected chi connectivity index (χ4v) is 2.12. The van der Waals surface area contributed by atoms with E-state index in [1.54, 1.807) is 0 Å². The van der Waals surface area contributed by atoms with Crippen molar-refractivity contribution in [3.05, 3.63) is 58.6 Å².